The van der Waals surface area contributed by atoms with Crippen molar-refractivity contribution in [2.24, 2.45) is 0 Å². The predicted molar refractivity (Wildman–Crippen MR) is 288 cm³/mol. The molecular weight excluding hydrogens is 1070 g/mol. The third-order valence-corrected chi connectivity index (χ3v) is 16.1. The Morgan fingerprint density at radius 2 is 0.569 bits per heavy atom. The summed E-state index contributed by atoms with van der Waals surface area (Å²) in [6.45, 7) is 0. The second-order valence-corrected chi connectivity index (χ2v) is 22.1. The molecule has 10 aromatic carbocycles. The van der Waals surface area contributed by atoms with Gasteiger partial charge in [0.1, 0.15) is 46.0 Å². The van der Waals surface area contributed by atoms with Crippen LogP contribution in [0.5, 0.6) is 46.0 Å². The molecule has 0 saturated carbocycles. The lowest BCUT2D eigenvalue weighted by Crippen LogP contribution is -2.02. The van der Waals surface area contributed by atoms with E-state index in [1.807, 2.05) is 140 Å². The first-order chi connectivity index (χ1) is 34.9. The van der Waals surface area contributed by atoms with Crippen LogP contribution in [0.15, 0.2) is 271 Å². The van der Waals surface area contributed by atoms with Crippen LogP contribution in [0, 0.1) is 0 Å². The minimum Gasteiger partial charge on any atom is -0.457 e. The summed E-state index contributed by atoms with van der Waals surface area (Å²) in [5.74, 6) is 3.91. The molecule has 0 amide bonds. The Kier molecular flexibility index (Phi) is 13.9. The van der Waals surface area contributed by atoms with Crippen LogP contribution >= 0.6 is 31.9 Å². The Morgan fingerprint density at radius 3 is 0.903 bits per heavy atom. The molecule has 0 aliphatic rings. The highest BCUT2D eigenvalue weighted by Gasteiger charge is 2.21. The number of halogens is 2. The number of sulfone groups is 2. The van der Waals surface area contributed by atoms with E-state index in [1.165, 1.54) is 48.5 Å². The average molecular weight is 1110 g/mol. The summed E-state index contributed by atoms with van der Waals surface area (Å²) in [5.41, 5.74) is 5.46. The third-order valence-electron chi connectivity index (χ3n) is 11.5. The topological polar surface area (TPSA) is 105 Å². The number of rotatable bonds is 15. The molecule has 12 heteroatoms. The van der Waals surface area contributed by atoms with Gasteiger partial charge in [0.25, 0.3) is 0 Å². The summed E-state index contributed by atoms with van der Waals surface area (Å²) in [7, 11) is -7.78. The molecule has 0 aliphatic heterocycles. The minimum absolute atomic E-state index is 0.0932. The Labute approximate surface area is 434 Å². The highest BCUT2D eigenvalue weighted by molar-refractivity contribution is 9.10. The molecule has 0 N–H and O–H groups in total. The fourth-order valence-corrected chi connectivity index (χ4v) is 11.1. The zero-order valence-corrected chi connectivity index (χ0v) is 42.7. The molecule has 0 radical (unpaired) electrons. The van der Waals surface area contributed by atoms with Crippen molar-refractivity contribution in [1.29, 1.82) is 0 Å². The van der Waals surface area contributed by atoms with Crippen LogP contribution in [0.1, 0.15) is 0 Å². The first kappa shape index (κ1) is 47.9. The molecule has 354 valence electrons. The zero-order valence-electron chi connectivity index (χ0n) is 37.9. The van der Waals surface area contributed by atoms with E-state index in [0.29, 0.717) is 46.0 Å². The minimum atomic E-state index is -3.89. The van der Waals surface area contributed by atoms with Gasteiger partial charge in [-0.2, -0.15) is 0 Å². The summed E-state index contributed by atoms with van der Waals surface area (Å²) in [6.07, 6.45) is 0. The molecule has 0 unspecified atom stereocenters. The molecule has 0 saturated heterocycles. The zero-order chi connectivity index (χ0) is 49.7. The number of hydrogen-bond acceptors (Lipinski definition) is 8. The first-order valence-electron chi connectivity index (χ1n) is 22.5. The van der Waals surface area contributed by atoms with Gasteiger partial charge in [0.2, 0.25) is 19.7 Å². The quantitative estimate of drug-likeness (QED) is 0.1000. The lowest BCUT2D eigenvalue weighted by molar-refractivity contribution is 0.460. The van der Waals surface area contributed by atoms with Crippen molar-refractivity contribution in [2.75, 3.05) is 0 Å². The molecule has 10 aromatic rings. The molecule has 72 heavy (non-hydrogen) atoms. The lowest BCUT2D eigenvalue weighted by Gasteiger charge is -2.14. The van der Waals surface area contributed by atoms with Gasteiger partial charge in [0.05, 0.1) is 19.6 Å². The summed E-state index contributed by atoms with van der Waals surface area (Å²) in [6, 6.07) is 71.5. The maximum absolute atomic E-state index is 13.8. The summed E-state index contributed by atoms with van der Waals surface area (Å²) in [4.78, 5) is 0.410. The van der Waals surface area contributed by atoms with Gasteiger partial charge in [-0.1, -0.05) is 123 Å². The van der Waals surface area contributed by atoms with Gasteiger partial charge >= 0.3 is 0 Å². The second kappa shape index (κ2) is 20.9. The van der Waals surface area contributed by atoms with Crippen LogP contribution in [0.2, 0.25) is 0 Å². The molecule has 0 spiro atoms. The van der Waals surface area contributed by atoms with E-state index in [2.05, 4.69) is 31.9 Å². The van der Waals surface area contributed by atoms with Crippen LogP contribution in [0.25, 0.3) is 33.4 Å². The van der Waals surface area contributed by atoms with Crippen LogP contribution < -0.4 is 18.9 Å². The van der Waals surface area contributed by atoms with Gasteiger partial charge in [-0.15, -0.1) is 0 Å². The number of benzene rings is 10. The third kappa shape index (κ3) is 10.9. The lowest BCUT2D eigenvalue weighted by atomic mass is 10.0. The van der Waals surface area contributed by atoms with Gasteiger partial charge in [-0.25, -0.2) is 16.8 Å². The van der Waals surface area contributed by atoms with Crippen LogP contribution in [0.3, 0.4) is 0 Å². The smallest absolute Gasteiger partial charge is 0.206 e. The molecule has 8 nitrogen and oxygen atoms in total. The van der Waals surface area contributed by atoms with Crippen molar-refractivity contribution in [3.05, 3.63) is 252 Å². The fourth-order valence-electron chi connectivity index (χ4n) is 7.90. The van der Waals surface area contributed by atoms with Crippen molar-refractivity contribution >= 4 is 51.5 Å². The fraction of sp³-hybridized carbons (Fsp3) is 0. The average Bonchev–Trinajstić information content (AvgIpc) is 3.41. The Morgan fingerprint density at radius 1 is 0.264 bits per heavy atom. The monoisotopic (exact) mass is 1110 g/mol. The van der Waals surface area contributed by atoms with Gasteiger partial charge in [0.15, 0.2) is 0 Å². The Balaban J connectivity index is 0.825. The summed E-state index contributed by atoms with van der Waals surface area (Å²) in [5, 5.41) is 0. The highest BCUT2D eigenvalue weighted by atomic mass is 79.9. The standard InChI is InChI=1S/C60H40Br2O8S2/c61-45-16-34-59(57(38-45)42-12-6-2-7-13-42)69-49-22-30-55(31-23-49)71(63,64)53-26-18-47(19-27-53)67-51-36-44(41-10-4-1-5-11-41)37-52(40-51)68-48-20-28-54(29-21-48)72(65,66)56-32-24-50(25-33-56)70-60-35-17-46(62)39-58(60)43-14-8-3-9-15-43/h1-40H. The van der Waals surface area contributed by atoms with E-state index >= 15 is 0 Å². The SMILES string of the molecule is O=S(=O)(c1ccc(Oc2cc(Oc3ccc(S(=O)(=O)c4ccc(Oc5ccc(Br)cc5-c5ccccc5)cc4)cc3)cc(-c3ccccc3)c2)cc1)c1ccc(Oc2ccc(Br)cc2-c2ccccc2)cc1. The molecule has 0 aliphatic carbocycles. The Bertz CT molecular complexity index is 3520. The van der Waals surface area contributed by atoms with Crippen molar-refractivity contribution in [3.63, 3.8) is 0 Å². The summed E-state index contributed by atoms with van der Waals surface area (Å²) >= 11 is 7.10. The largest absolute Gasteiger partial charge is 0.457 e. The molecule has 0 bridgehead atoms. The van der Waals surface area contributed by atoms with Gasteiger partial charge in [0, 0.05) is 26.1 Å². The molecular formula is C60H40Br2O8S2. The Hall–Kier alpha value is -7.74. The molecule has 0 heterocycles. The van der Waals surface area contributed by atoms with E-state index in [0.717, 1.165) is 42.3 Å². The number of ether oxygens (including phenoxy) is 4. The molecule has 0 atom stereocenters. The van der Waals surface area contributed by atoms with Gasteiger partial charge in [-0.05, 0) is 168 Å². The van der Waals surface area contributed by atoms with Gasteiger partial charge < -0.3 is 18.9 Å². The van der Waals surface area contributed by atoms with E-state index in [9.17, 15) is 16.8 Å². The van der Waals surface area contributed by atoms with Crippen molar-refractivity contribution in [3.8, 4) is 79.4 Å². The van der Waals surface area contributed by atoms with E-state index < -0.39 is 19.7 Å². The molecule has 10 rings (SSSR count). The predicted octanol–water partition coefficient (Wildman–Crippen LogP) is 17.0. The summed E-state index contributed by atoms with van der Waals surface area (Å²) < 4.78 is 82.1. The maximum Gasteiger partial charge on any atom is 0.206 e. The maximum atomic E-state index is 13.8. The molecule has 0 aromatic heterocycles. The van der Waals surface area contributed by atoms with Crippen molar-refractivity contribution < 1.29 is 35.8 Å². The molecule has 0 fully saturated rings. The van der Waals surface area contributed by atoms with Gasteiger partial charge in [-0.3, -0.25) is 0 Å². The highest BCUT2D eigenvalue weighted by Crippen LogP contribution is 2.40. The van der Waals surface area contributed by atoms with Crippen LogP contribution in [-0.2, 0) is 19.7 Å². The van der Waals surface area contributed by atoms with Crippen molar-refractivity contribution in [2.45, 2.75) is 19.6 Å². The number of hydrogen-bond donors (Lipinski definition) is 0. The van der Waals surface area contributed by atoms with Crippen LogP contribution in [-0.4, -0.2) is 16.8 Å². The van der Waals surface area contributed by atoms with E-state index in [-0.39, 0.29) is 19.6 Å². The van der Waals surface area contributed by atoms with E-state index in [1.54, 1.807) is 54.6 Å². The van der Waals surface area contributed by atoms with E-state index in [4.69, 9.17) is 18.9 Å². The van der Waals surface area contributed by atoms with Crippen molar-refractivity contribution in [1.82, 2.24) is 0 Å². The normalized spacial score (nSPS) is 11.4. The van der Waals surface area contributed by atoms with Crippen LogP contribution in [0.4, 0.5) is 0 Å². The first-order valence-corrected chi connectivity index (χ1v) is 27.0. The second-order valence-electron chi connectivity index (χ2n) is 16.4.